The summed E-state index contributed by atoms with van der Waals surface area (Å²) >= 11 is 0. The summed E-state index contributed by atoms with van der Waals surface area (Å²) < 4.78 is 2.07. The van der Waals surface area contributed by atoms with Crippen molar-refractivity contribution in [3.8, 4) is 11.4 Å². The zero-order chi connectivity index (χ0) is 13.8. The Kier molecular flexibility index (Phi) is 4.35. The van der Waals surface area contributed by atoms with Gasteiger partial charge in [0.25, 0.3) is 0 Å². The summed E-state index contributed by atoms with van der Waals surface area (Å²) in [5.74, 6) is 0.445. The molecule has 2 aromatic rings. The van der Waals surface area contributed by atoms with Crippen molar-refractivity contribution in [3.05, 3.63) is 36.2 Å². The summed E-state index contributed by atoms with van der Waals surface area (Å²) in [6.45, 7) is 8.73. The van der Waals surface area contributed by atoms with Gasteiger partial charge in [0.2, 0.25) is 0 Å². The van der Waals surface area contributed by atoms with Crippen molar-refractivity contribution in [2.45, 2.75) is 52.5 Å². The van der Waals surface area contributed by atoms with Crippen LogP contribution in [0.4, 0.5) is 0 Å². The van der Waals surface area contributed by atoms with Gasteiger partial charge in [0.1, 0.15) is 5.69 Å². The molecule has 2 rings (SSSR count). The third kappa shape index (κ3) is 3.03. The molecule has 0 saturated heterocycles. The van der Waals surface area contributed by atoms with E-state index in [1.165, 1.54) is 0 Å². The van der Waals surface area contributed by atoms with Crippen molar-refractivity contribution < 1.29 is 0 Å². The number of rotatable bonds is 5. The maximum atomic E-state index is 4.69. The zero-order valence-electron chi connectivity index (χ0n) is 12.3. The fourth-order valence-electron chi connectivity index (χ4n) is 2.26. The highest BCUT2D eigenvalue weighted by Crippen LogP contribution is 2.21. The van der Waals surface area contributed by atoms with E-state index in [1.54, 1.807) is 0 Å². The van der Waals surface area contributed by atoms with E-state index in [2.05, 4.69) is 61.9 Å². The highest BCUT2D eigenvalue weighted by molar-refractivity contribution is 5.53. The first-order valence-electron chi connectivity index (χ1n) is 7.18. The monoisotopic (exact) mass is 257 g/mol. The molecule has 102 valence electrons. The van der Waals surface area contributed by atoms with Crippen molar-refractivity contribution in [2.24, 2.45) is 0 Å². The van der Waals surface area contributed by atoms with E-state index in [4.69, 9.17) is 4.98 Å². The molecule has 0 N–H and O–H groups in total. The molecular formula is C16H23N3. The van der Waals surface area contributed by atoms with E-state index in [0.717, 1.165) is 29.9 Å². The third-order valence-electron chi connectivity index (χ3n) is 3.55. The molecule has 0 spiro atoms. The predicted molar refractivity (Wildman–Crippen MR) is 79.2 cm³/mol. The normalized spacial score (nSPS) is 11.5. The number of pyridine rings is 1. The van der Waals surface area contributed by atoms with Gasteiger partial charge in [-0.2, -0.15) is 5.10 Å². The van der Waals surface area contributed by atoms with E-state index in [1.807, 2.05) is 6.07 Å². The summed E-state index contributed by atoms with van der Waals surface area (Å²) in [6, 6.07) is 8.72. The molecule has 3 nitrogen and oxygen atoms in total. The molecule has 0 amide bonds. The Balaban J connectivity index is 2.30. The standard InChI is InChI=1S/C16H23N3/c1-5-13(6-2)19-11-10-16(18-19)15-9-7-8-14(17-15)12(3)4/h7-13H,5-6H2,1-4H3. The maximum absolute atomic E-state index is 4.69. The molecule has 2 aromatic heterocycles. The summed E-state index contributed by atoms with van der Waals surface area (Å²) in [7, 11) is 0. The lowest BCUT2D eigenvalue weighted by Crippen LogP contribution is -2.07. The van der Waals surface area contributed by atoms with Gasteiger partial charge in [-0.25, -0.2) is 0 Å². The van der Waals surface area contributed by atoms with Crippen LogP contribution < -0.4 is 0 Å². The lowest BCUT2D eigenvalue weighted by molar-refractivity contribution is 0.429. The van der Waals surface area contributed by atoms with Crippen LogP contribution in [-0.4, -0.2) is 14.8 Å². The van der Waals surface area contributed by atoms with E-state index in [-0.39, 0.29) is 0 Å². The van der Waals surface area contributed by atoms with Crippen molar-refractivity contribution in [1.29, 1.82) is 0 Å². The zero-order valence-corrected chi connectivity index (χ0v) is 12.3. The summed E-state index contributed by atoms with van der Waals surface area (Å²) in [6.07, 6.45) is 4.28. The Labute approximate surface area is 115 Å². The third-order valence-corrected chi connectivity index (χ3v) is 3.55. The second-order valence-corrected chi connectivity index (χ2v) is 5.25. The summed E-state index contributed by atoms with van der Waals surface area (Å²) in [5.41, 5.74) is 3.06. The Morgan fingerprint density at radius 1 is 1.05 bits per heavy atom. The van der Waals surface area contributed by atoms with Crippen molar-refractivity contribution in [1.82, 2.24) is 14.8 Å². The predicted octanol–water partition coefficient (Wildman–Crippen LogP) is 4.43. The molecule has 0 aliphatic carbocycles. The second kappa shape index (κ2) is 6.00. The van der Waals surface area contributed by atoms with Crippen LogP contribution in [-0.2, 0) is 0 Å². The Morgan fingerprint density at radius 3 is 2.42 bits per heavy atom. The maximum Gasteiger partial charge on any atom is 0.111 e. The molecule has 0 aliphatic rings. The van der Waals surface area contributed by atoms with Crippen LogP contribution in [0.15, 0.2) is 30.5 Å². The van der Waals surface area contributed by atoms with Gasteiger partial charge in [-0.3, -0.25) is 9.67 Å². The van der Waals surface area contributed by atoms with E-state index < -0.39 is 0 Å². The Hall–Kier alpha value is -1.64. The first kappa shape index (κ1) is 13.8. The minimum Gasteiger partial charge on any atom is -0.269 e. The Morgan fingerprint density at radius 2 is 1.79 bits per heavy atom. The smallest absolute Gasteiger partial charge is 0.111 e. The number of aromatic nitrogens is 3. The molecule has 0 aromatic carbocycles. The minimum atomic E-state index is 0.445. The minimum absolute atomic E-state index is 0.445. The largest absolute Gasteiger partial charge is 0.269 e. The lowest BCUT2D eigenvalue weighted by Gasteiger charge is -2.12. The second-order valence-electron chi connectivity index (χ2n) is 5.25. The van der Waals surface area contributed by atoms with Gasteiger partial charge in [-0.1, -0.05) is 33.8 Å². The van der Waals surface area contributed by atoms with Gasteiger partial charge in [0.05, 0.1) is 11.7 Å². The molecule has 0 fully saturated rings. The van der Waals surface area contributed by atoms with Crippen LogP contribution in [0, 0.1) is 0 Å². The van der Waals surface area contributed by atoms with Gasteiger partial charge in [-0.15, -0.1) is 0 Å². The van der Waals surface area contributed by atoms with Crippen LogP contribution in [0.2, 0.25) is 0 Å². The summed E-state index contributed by atoms with van der Waals surface area (Å²) in [4.78, 5) is 4.69. The Bertz CT molecular complexity index is 524. The average Bonchev–Trinajstić information content (AvgIpc) is 2.90. The van der Waals surface area contributed by atoms with Crippen molar-refractivity contribution >= 4 is 0 Å². The fraction of sp³-hybridized carbons (Fsp3) is 0.500. The van der Waals surface area contributed by atoms with Crippen LogP contribution in [0.25, 0.3) is 11.4 Å². The van der Waals surface area contributed by atoms with Crippen LogP contribution in [0.3, 0.4) is 0 Å². The van der Waals surface area contributed by atoms with E-state index in [0.29, 0.717) is 12.0 Å². The SMILES string of the molecule is CCC(CC)n1ccc(-c2cccc(C(C)C)n2)n1. The first-order chi connectivity index (χ1) is 9.15. The van der Waals surface area contributed by atoms with Gasteiger partial charge < -0.3 is 0 Å². The number of hydrogen-bond donors (Lipinski definition) is 0. The summed E-state index contributed by atoms with van der Waals surface area (Å²) in [5, 5.41) is 4.68. The molecule has 0 unspecified atom stereocenters. The average molecular weight is 257 g/mol. The molecule has 0 bridgehead atoms. The lowest BCUT2D eigenvalue weighted by atomic mass is 10.1. The van der Waals surface area contributed by atoms with Crippen LogP contribution in [0.5, 0.6) is 0 Å². The number of hydrogen-bond acceptors (Lipinski definition) is 2. The molecule has 3 heteroatoms. The van der Waals surface area contributed by atoms with Gasteiger partial charge in [-0.05, 0) is 37.0 Å². The van der Waals surface area contributed by atoms with Gasteiger partial charge >= 0.3 is 0 Å². The van der Waals surface area contributed by atoms with Crippen molar-refractivity contribution in [2.75, 3.05) is 0 Å². The molecule has 0 aliphatic heterocycles. The molecular weight excluding hydrogens is 234 g/mol. The highest BCUT2D eigenvalue weighted by Gasteiger charge is 2.10. The topological polar surface area (TPSA) is 30.7 Å². The van der Waals surface area contributed by atoms with E-state index in [9.17, 15) is 0 Å². The van der Waals surface area contributed by atoms with Gasteiger partial charge in [0, 0.05) is 11.9 Å². The van der Waals surface area contributed by atoms with E-state index >= 15 is 0 Å². The molecule has 0 atom stereocenters. The van der Waals surface area contributed by atoms with Crippen molar-refractivity contribution in [3.63, 3.8) is 0 Å². The van der Waals surface area contributed by atoms with Crippen LogP contribution in [0.1, 0.15) is 58.2 Å². The molecule has 19 heavy (non-hydrogen) atoms. The van der Waals surface area contributed by atoms with Crippen LogP contribution >= 0.6 is 0 Å². The highest BCUT2D eigenvalue weighted by atomic mass is 15.3. The first-order valence-corrected chi connectivity index (χ1v) is 7.18. The molecule has 2 heterocycles. The molecule has 0 saturated carbocycles. The fourth-order valence-corrected chi connectivity index (χ4v) is 2.26. The van der Waals surface area contributed by atoms with Gasteiger partial charge in [0.15, 0.2) is 0 Å². The number of nitrogens with zero attached hydrogens (tertiary/aromatic N) is 3. The molecule has 0 radical (unpaired) electrons. The quantitative estimate of drug-likeness (QED) is 0.793.